The van der Waals surface area contributed by atoms with Crippen molar-refractivity contribution in [3.63, 3.8) is 0 Å². The molecule has 16 heavy (non-hydrogen) atoms. The number of aryl methyl sites for hydroxylation is 1. The van der Waals surface area contributed by atoms with E-state index in [4.69, 9.17) is 10.5 Å². The Balaban J connectivity index is 1.86. The molecule has 2 N–H and O–H groups in total. The highest BCUT2D eigenvalue weighted by atomic mass is 16.5. The van der Waals surface area contributed by atoms with Gasteiger partial charge in [0.1, 0.15) is 0 Å². The molecule has 3 heteroatoms. The van der Waals surface area contributed by atoms with Crippen molar-refractivity contribution in [1.82, 2.24) is 4.98 Å². The van der Waals surface area contributed by atoms with Gasteiger partial charge in [0.15, 0.2) is 0 Å². The van der Waals surface area contributed by atoms with Gasteiger partial charge in [0.25, 0.3) is 0 Å². The van der Waals surface area contributed by atoms with Crippen molar-refractivity contribution in [2.24, 2.45) is 5.92 Å². The zero-order valence-corrected chi connectivity index (χ0v) is 9.91. The van der Waals surface area contributed by atoms with E-state index in [1.165, 1.54) is 32.1 Å². The molecule has 0 spiro atoms. The highest BCUT2D eigenvalue weighted by Gasteiger charge is 2.14. The summed E-state index contributed by atoms with van der Waals surface area (Å²) in [6.07, 6.45) is 8.43. The Kier molecular flexibility index (Phi) is 3.65. The monoisotopic (exact) mass is 220 g/mol. The summed E-state index contributed by atoms with van der Waals surface area (Å²) in [4.78, 5) is 4.22. The third kappa shape index (κ3) is 2.87. The lowest BCUT2D eigenvalue weighted by Crippen LogP contribution is -2.15. The van der Waals surface area contributed by atoms with E-state index < -0.39 is 0 Å². The van der Waals surface area contributed by atoms with Crippen molar-refractivity contribution in [2.75, 3.05) is 12.3 Å². The van der Waals surface area contributed by atoms with Crippen molar-refractivity contribution in [3.8, 4) is 5.88 Å². The topological polar surface area (TPSA) is 48.1 Å². The van der Waals surface area contributed by atoms with Gasteiger partial charge >= 0.3 is 0 Å². The number of ether oxygens (including phenoxy) is 1. The van der Waals surface area contributed by atoms with Gasteiger partial charge in [-0.3, -0.25) is 0 Å². The lowest BCUT2D eigenvalue weighted by Gasteiger charge is -2.21. The fraction of sp³-hybridized carbons (Fsp3) is 0.615. The van der Waals surface area contributed by atoms with Gasteiger partial charge in [0.2, 0.25) is 5.88 Å². The number of rotatable bonds is 3. The van der Waals surface area contributed by atoms with Gasteiger partial charge < -0.3 is 10.5 Å². The van der Waals surface area contributed by atoms with Gasteiger partial charge in [-0.15, -0.1) is 0 Å². The van der Waals surface area contributed by atoms with Crippen LogP contribution in [0.5, 0.6) is 5.88 Å². The minimum Gasteiger partial charge on any atom is -0.477 e. The van der Waals surface area contributed by atoms with Crippen molar-refractivity contribution in [2.45, 2.75) is 39.0 Å². The van der Waals surface area contributed by atoms with Gasteiger partial charge in [-0.1, -0.05) is 19.3 Å². The van der Waals surface area contributed by atoms with Gasteiger partial charge in [-0.05, 0) is 31.2 Å². The third-order valence-corrected chi connectivity index (χ3v) is 3.31. The van der Waals surface area contributed by atoms with Crippen molar-refractivity contribution < 1.29 is 4.74 Å². The molecule has 0 radical (unpaired) electrons. The smallest absolute Gasteiger partial charge is 0.215 e. The Morgan fingerprint density at radius 2 is 2.12 bits per heavy atom. The number of aromatic nitrogens is 1. The van der Waals surface area contributed by atoms with Crippen molar-refractivity contribution in [3.05, 3.63) is 17.8 Å². The Morgan fingerprint density at radius 1 is 1.38 bits per heavy atom. The Labute approximate surface area is 97.0 Å². The van der Waals surface area contributed by atoms with E-state index in [0.29, 0.717) is 11.8 Å². The van der Waals surface area contributed by atoms with E-state index in [1.54, 1.807) is 6.20 Å². The van der Waals surface area contributed by atoms with Crippen LogP contribution in [0, 0.1) is 12.8 Å². The molecule has 0 bridgehead atoms. The molecule has 0 aromatic carbocycles. The first-order valence-corrected chi connectivity index (χ1v) is 6.10. The number of pyridine rings is 1. The molecule has 2 rings (SSSR count). The predicted molar refractivity (Wildman–Crippen MR) is 65.5 cm³/mol. The van der Waals surface area contributed by atoms with Crippen LogP contribution in [-0.2, 0) is 0 Å². The van der Waals surface area contributed by atoms with E-state index in [0.717, 1.165) is 17.9 Å². The van der Waals surface area contributed by atoms with Gasteiger partial charge in [-0.2, -0.15) is 0 Å². The number of nitrogen functional groups attached to an aromatic ring is 1. The first kappa shape index (κ1) is 11.2. The zero-order valence-electron chi connectivity index (χ0n) is 9.91. The molecule has 0 atom stereocenters. The van der Waals surface area contributed by atoms with Crippen molar-refractivity contribution in [1.29, 1.82) is 0 Å². The number of nitrogens with two attached hydrogens (primary N) is 1. The van der Waals surface area contributed by atoms with Crippen LogP contribution in [0.2, 0.25) is 0 Å². The largest absolute Gasteiger partial charge is 0.477 e. The quantitative estimate of drug-likeness (QED) is 0.852. The van der Waals surface area contributed by atoms with Gasteiger partial charge in [-0.25, -0.2) is 4.98 Å². The van der Waals surface area contributed by atoms with Crippen LogP contribution in [0.4, 0.5) is 5.69 Å². The molecule has 0 saturated heterocycles. The first-order chi connectivity index (χ1) is 7.75. The minimum atomic E-state index is 0.661. The molecule has 3 nitrogen and oxygen atoms in total. The molecule has 88 valence electrons. The van der Waals surface area contributed by atoms with Crippen molar-refractivity contribution >= 4 is 5.69 Å². The average Bonchev–Trinajstić information content (AvgIpc) is 2.32. The van der Waals surface area contributed by atoms with E-state index in [9.17, 15) is 0 Å². The number of hydrogen-bond acceptors (Lipinski definition) is 3. The second-order valence-electron chi connectivity index (χ2n) is 4.69. The maximum Gasteiger partial charge on any atom is 0.215 e. The molecular weight excluding hydrogens is 200 g/mol. The summed E-state index contributed by atoms with van der Waals surface area (Å²) in [6, 6.07) is 1.82. The highest BCUT2D eigenvalue weighted by Crippen LogP contribution is 2.24. The molecule has 1 saturated carbocycles. The van der Waals surface area contributed by atoms with Crippen LogP contribution in [0.1, 0.15) is 37.7 Å². The lowest BCUT2D eigenvalue weighted by atomic mass is 9.90. The standard InChI is InChI=1S/C13H20N2O/c1-10-8-15-13(7-12(10)14)16-9-11-5-3-2-4-6-11/h7-8,11H,2-6,9H2,1H3,(H2,14,15). The molecule has 1 aliphatic rings. The van der Waals surface area contributed by atoms with Crippen LogP contribution in [-0.4, -0.2) is 11.6 Å². The van der Waals surface area contributed by atoms with E-state index in [2.05, 4.69) is 4.98 Å². The molecule has 0 unspecified atom stereocenters. The molecular formula is C13H20N2O. The predicted octanol–water partition coefficient (Wildman–Crippen LogP) is 2.93. The summed E-state index contributed by atoms with van der Waals surface area (Å²) in [5, 5.41) is 0. The van der Waals surface area contributed by atoms with E-state index in [1.807, 2.05) is 13.0 Å². The molecule has 1 aromatic rings. The van der Waals surface area contributed by atoms with Gasteiger partial charge in [0, 0.05) is 18.0 Å². The SMILES string of the molecule is Cc1cnc(OCC2CCCCC2)cc1N. The average molecular weight is 220 g/mol. The van der Waals surface area contributed by atoms with Crippen LogP contribution in [0.3, 0.4) is 0 Å². The molecule has 0 amide bonds. The first-order valence-electron chi connectivity index (χ1n) is 6.10. The maximum atomic E-state index is 5.81. The summed E-state index contributed by atoms with van der Waals surface area (Å²) in [5.41, 5.74) is 7.57. The summed E-state index contributed by atoms with van der Waals surface area (Å²) in [5.74, 6) is 1.37. The third-order valence-electron chi connectivity index (χ3n) is 3.31. The number of nitrogens with zero attached hydrogens (tertiary/aromatic N) is 1. The summed E-state index contributed by atoms with van der Waals surface area (Å²) in [7, 11) is 0. The van der Waals surface area contributed by atoms with E-state index in [-0.39, 0.29) is 0 Å². The van der Waals surface area contributed by atoms with Crippen LogP contribution >= 0.6 is 0 Å². The number of hydrogen-bond donors (Lipinski definition) is 1. The molecule has 1 fully saturated rings. The summed E-state index contributed by atoms with van der Waals surface area (Å²) in [6.45, 7) is 2.74. The maximum absolute atomic E-state index is 5.81. The minimum absolute atomic E-state index is 0.661. The van der Waals surface area contributed by atoms with Crippen LogP contribution in [0.15, 0.2) is 12.3 Å². The molecule has 1 aliphatic carbocycles. The Hall–Kier alpha value is -1.25. The second kappa shape index (κ2) is 5.19. The second-order valence-corrected chi connectivity index (χ2v) is 4.69. The summed E-state index contributed by atoms with van der Waals surface area (Å²) >= 11 is 0. The molecule has 1 aromatic heterocycles. The fourth-order valence-electron chi connectivity index (χ4n) is 2.16. The van der Waals surface area contributed by atoms with E-state index >= 15 is 0 Å². The Morgan fingerprint density at radius 3 is 2.81 bits per heavy atom. The number of anilines is 1. The normalized spacial score (nSPS) is 17.3. The highest BCUT2D eigenvalue weighted by molar-refractivity contribution is 5.47. The summed E-state index contributed by atoms with van der Waals surface area (Å²) < 4.78 is 5.69. The van der Waals surface area contributed by atoms with Crippen LogP contribution in [0.25, 0.3) is 0 Å². The molecule has 0 aliphatic heterocycles. The van der Waals surface area contributed by atoms with Crippen LogP contribution < -0.4 is 10.5 Å². The fourth-order valence-corrected chi connectivity index (χ4v) is 2.16. The zero-order chi connectivity index (χ0) is 11.4. The lowest BCUT2D eigenvalue weighted by molar-refractivity contribution is 0.203. The molecule has 1 heterocycles. The Bertz CT molecular complexity index is 346. The van der Waals surface area contributed by atoms with Gasteiger partial charge in [0.05, 0.1) is 6.61 Å².